The molecule has 0 N–H and O–H groups in total. The first kappa shape index (κ1) is 12.7. The number of aromatic nitrogens is 1. The minimum atomic E-state index is -0.178. The molecule has 0 atom stereocenters. The monoisotopic (exact) mass is 291 g/mol. The third-order valence-corrected chi connectivity index (χ3v) is 3.06. The largest absolute Gasteiger partial charge is 0.482 e. The normalized spacial score (nSPS) is 12.2. The Kier molecular flexibility index (Phi) is 3.43. The van der Waals surface area contributed by atoms with Gasteiger partial charge in [0.1, 0.15) is 0 Å². The number of rotatable bonds is 4. The van der Waals surface area contributed by atoms with Crippen LogP contribution in [0.4, 0.5) is 0 Å². The molecule has 1 aliphatic heterocycles. The van der Waals surface area contributed by atoms with Gasteiger partial charge in [0.2, 0.25) is 6.79 Å². The second-order valence-corrected chi connectivity index (χ2v) is 4.43. The molecule has 0 radical (unpaired) electrons. The van der Waals surface area contributed by atoms with Crippen molar-refractivity contribution in [1.29, 1.82) is 0 Å². The highest BCUT2D eigenvalue weighted by Crippen LogP contribution is 2.32. The maximum Gasteiger partial charge on any atom is 0.231 e. The Labute approximate surface area is 120 Å². The van der Waals surface area contributed by atoms with Gasteiger partial charge in [0.15, 0.2) is 34.8 Å². The van der Waals surface area contributed by atoms with E-state index >= 15 is 0 Å². The van der Waals surface area contributed by atoms with E-state index in [0.717, 1.165) is 0 Å². The van der Waals surface area contributed by atoms with Crippen LogP contribution < -0.4 is 14.2 Å². The van der Waals surface area contributed by atoms with Crippen LogP contribution in [0, 0.1) is 0 Å². The number of ketones is 1. The quantitative estimate of drug-likeness (QED) is 0.640. The van der Waals surface area contributed by atoms with Gasteiger partial charge in [0.25, 0.3) is 0 Å². The zero-order valence-electron chi connectivity index (χ0n) is 10.3. The van der Waals surface area contributed by atoms with Crippen LogP contribution in [0.5, 0.6) is 17.2 Å². The van der Waals surface area contributed by atoms with Crippen molar-refractivity contribution in [3.8, 4) is 17.2 Å². The minimum Gasteiger partial charge on any atom is -0.482 e. The second kappa shape index (κ2) is 5.38. The van der Waals surface area contributed by atoms with E-state index in [-0.39, 0.29) is 24.3 Å². The molecule has 1 aliphatic rings. The lowest BCUT2D eigenvalue weighted by Crippen LogP contribution is -2.11. The summed E-state index contributed by atoms with van der Waals surface area (Å²) in [5, 5.41) is 0.228. The molecule has 2 heterocycles. The van der Waals surface area contributed by atoms with Crippen LogP contribution in [0.2, 0.25) is 5.15 Å². The van der Waals surface area contributed by atoms with E-state index in [0.29, 0.717) is 22.8 Å². The summed E-state index contributed by atoms with van der Waals surface area (Å²) in [5.41, 5.74) is 0.495. The summed E-state index contributed by atoms with van der Waals surface area (Å²) in [6.45, 7) is 0.0554. The van der Waals surface area contributed by atoms with Crippen molar-refractivity contribution in [1.82, 2.24) is 4.98 Å². The molecule has 102 valence electrons. The van der Waals surface area contributed by atoms with Gasteiger partial charge in [-0.3, -0.25) is 4.79 Å². The number of Topliss-reactive ketones (excluding diaryl/α,β-unsaturated/α-hetero) is 1. The Morgan fingerprint density at radius 1 is 1.30 bits per heavy atom. The van der Waals surface area contributed by atoms with Gasteiger partial charge in [-0.25, -0.2) is 4.98 Å². The van der Waals surface area contributed by atoms with Crippen molar-refractivity contribution in [2.75, 3.05) is 13.4 Å². The highest BCUT2D eigenvalue weighted by atomic mass is 35.5. The van der Waals surface area contributed by atoms with Gasteiger partial charge < -0.3 is 14.2 Å². The fourth-order valence-corrected chi connectivity index (χ4v) is 1.95. The molecule has 0 aliphatic carbocycles. The number of halogens is 1. The number of carbonyl (C=O) groups excluding carboxylic acids is 1. The molecule has 2 aromatic rings. The first-order valence-corrected chi connectivity index (χ1v) is 6.28. The van der Waals surface area contributed by atoms with E-state index in [2.05, 4.69) is 4.98 Å². The predicted molar refractivity (Wildman–Crippen MR) is 71.6 cm³/mol. The number of nitrogens with zero attached hydrogens (tertiary/aromatic N) is 1. The number of benzene rings is 1. The van der Waals surface area contributed by atoms with Crippen LogP contribution in [-0.4, -0.2) is 24.2 Å². The molecule has 0 spiro atoms. The maximum atomic E-state index is 12.0. The van der Waals surface area contributed by atoms with Gasteiger partial charge in [0, 0.05) is 11.8 Å². The molecule has 0 bridgehead atoms. The average molecular weight is 292 g/mol. The van der Waals surface area contributed by atoms with Crippen molar-refractivity contribution in [3.05, 3.63) is 47.2 Å². The molecule has 6 heteroatoms. The first-order valence-electron chi connectivity index (χ1n) is 5.90. The summed E-state index contributed by atoms with van der Waals surface area (Å²) in [7, 11) is 0. The Balaban J connectivity index is 1.69. The van der Waals surface area contributed by atoms with Crippen LogP contribution in [0.15, 0.2) is 36.5 Å². The molecule has 0 saturated heterocycles. The molecule has 20 heavy (non-hydrogen) atoms. The maximum absolute atomic E-state index is 12.0. The van der Waals surface area contributed by atoms with Crippen LogP contribution in [0.1, 0.15) is 10.4 Å². The van der Waals surface area contributed by atoms with Gasteiger partial charge in [-0.1, -0.05) is 11.6 Å². The number of ether oxygens (including phenoxy) is 3. The lowest BCUT2D eigenvalue weighted by Gasteiger charge is -2.06. The standard InChI is InChI=1S/C14H10ClNO4/c15-14-12(2-1-5-16-14)18-7-10(17)9-3-4-11-13(6-9)20-8-19-11/h1-6H,7-8H2. The second-order valence-electron chi connectivity index (χ2n) is 4.07. The Morgan fingerprint density at radius 2 is 2.15 bits per heavy atom. The molecule has 1 aromatic carbocycles. The fraction of sp³-hybridized carbons (Fsp3) is 0.143. The average Bonchev–Trinajstić information content (AvgIpc) is 2.93. The van der Waals surface area contributed by atoms with E-state index in [1.54, 1.807) is 36.5 Å². The number of fused-ring (bicyclic) bond motifs is 1. The van der Waals surface area contributed by atoms with Crippen molar-refractivity contribution < 1.29 is 19.0 Å². The number of carbonyl (C=O) groups is 1. The van der Waals surface area contributed by atoms with Crippen LogP contribution in [-0.2, 0) is 0 Å². The summed E-state index contributed by atoms with van der Waals surface area (Å²) in [4.78, 5) is 15.9. The Hall–Kier alpha value is -2.27. The molecule has 3 rings (SSSR count). The summed E-state index contributed by atoms with van der Waals surface area (Å²) in [5.74, 6) is 1.40. The highest BCUT2D eigenvalue weighted by Gasteiger charge is 2.16. The number of hydrogen-bond donors (Lipinski definition) is 0. The van der Waals surface area contributed by atoms with E-state index < -0.39 is 0 Å². The molecule has 1 aromatic heterocycles. The van der Waals surface area contributed by atoms with Crippen molar-refractivity contribution in [2.24, 2.45) is 0 Å². The van der Waals surface area contributed by atoms with Crippen molar-refractivity contribution in [2.45, 2.75) is 0 Å². The summed E-state index contributed by atoms with van der Waals surface area (Å²) in [6, 6.07) is 8.35. The first-order chi connectivity index (χ1) is 9.74. The van der Waals surface area contributed by atoms with Crippen molar-refractivity contribution >= 4 is 17.4 Å². The van der Waals surface area contributed by atoms with Gasteiger partial charge in [0.05, 0.1) is 0 Å². The number of pyridine rings is 1. The smallest absolute Gasteiger partial charge is 0.231 e. The molecular formula is C14H10ClNO4. The van der Waals surface area contributed by atoms with E-state index in [1.165, 1.54) is 0 Å². The van der Waals surface area contributed by atoms with Gasteiger partial charge in [-0.15, -0.1) is 0 Å². The van der Waals surface area contributed by atoms with E-state index in [9.17, 15) is 4.79 Å². The summed E-state index contributed by atoms with van der Waals surface area (Å²) < 4.78 is 15.8. The zero-order valence-corrected chi connectivity index (χ0v) is 11.1. The predicted octanol–water partition coefficient (Wildman–Crippen LogP) is 2.73. The number of hydrogen-bond acceptors (Lipinski definition) is 5. The Morgan fingerprint density at radius 3 is 3.00 bits per heavy atom. The molecule has 0 saturated carbocycles. The SMILES string of the molecule is O=C(COc1cccnc1Cl)c1ccc2c(c1)OCO2. The Bertz CT molecular complexity index is 659. The molecule has 0 fully saturated rings. The third kappa shape index (κ3) is 2.53. The van der Waals surface area contributed by atoms with Crippen LogP contribution >= 0.6 is 11.6 Å². The molecule has 5 nitrogen and oxygen atoms in total. The lowest BCUT2D eigenvalue weighted by molar-refractivity contribution is 0.0921. The topological polar surface area (TPSA) is 57.7 Å². The lowest BCUT2D eigenvalue weighted by atomic mass is 10.1. The van der Waals surface area contributed by atoms with Gasteiger partial charge in [-0.2, -0.15) is 0 Å². The fourth-order valence-electron chi connectivity index (χ4n) is 1.78. The van der Waals surface area contributed by atoms with Crippen LogP contribution in [0.3, 0.4) is 0 Å². The van der Waals surface area contributed by atoms with Crippen molar-refractivity contribution in [3.63, 3.8) is 0 Å². The third-order valence-electron chi connectivity index (χ3n) is 2.78. The van der Waals surface area contributed by atoms with E-state index in [1.807, 2.05) is 0 Å². The van der Waals surface area contributed by atoms with Crippen LogP contribution in [0.25, 0.3) is 0 Å². The molecular weight excluding hydrogens is 282 g/mol. The summed E-state index contributed by atoms with van der Waals surface area (Å²) >= 11 is 5.85. The zero-order chi connectivity index (χ0) is 13.9. The highest BCUT2D eigenvalue weighted by molar-refractivity contribution is 6.30. The molecule has 0 amide bonds. The minimum absolute atomic E-state index is 0.120. The molecule has 0 unspecified atom stereocenters. The van der Waals surface area contributed by atoms with Gasteiger partial charge >= 0.3 is 0 Å². The van der Waals surface area contributed by atoms with E-state index in [4.69, 9.17) is 25.8 Å². The van der Waals surface area contributed by atoms with Gasteiger partial charge in [-0.05, 0) is 30.3 Å². The summed E-state index contributed by atoms with van der Waals surface area (Å²) in [6.07, 6.45) is 1.55.